The SMILES string of the molecule is c1ccc(-c2cccc(N(c3ccc4oc5ccccc5c4c3)c3cccc4ccc5oc(-c6ccccc6)nc5c34)c2)cc1. The van der Waals surface area contributed by atoms with Crippen molar-refractivity contribution >= 4 is 60.9 Å². The number of aromatic nitrogens is 1. The minimum Gasteiger partial charge on any atom is -0.456 e. The molecule has 0 unspecified atom stereocenters. The van der Waals surface area contributed by atoms with Crippen LogP contribution in [0.1, 0.15) is 0 Å². The highest BCUT2D eigenvalue weighted by Gasteiger charge is 2.21. The highest BCUT2D eigenvalue weighted by molar-refractivity contribution is 6.13. The molecule has 4 nitrogen and oxygen atoms in total. The van der Waals surface area contributed by atoms with Gasteiger partial charge < -0.3 is 13.7 Å². The monoisotopic (exact) mass is 578 g/mol. The predicted molar refractivity (Wildman–Crippen MR) is 184 cm³/mol. The molecule has 4 heteroatoms. The lowest BCUT2D eigenvalue weighted by Crippen LogP contribution is -2.10. The van der Waals surface area contributed by atoms with E-state index >= 15 is 0 Å². The third-order valence-electron chi connectivity index (χ3n) is 8.47. The zero-order valence-corrected chi connectivity index (χ0v) is 24.2. The lowest BCUT2D eigenvalue weighted by Gasteiger charge is -2.27. The van der Waals surface area contributed by atoms with Crippen molar-refractivity contribution in [1.29, 1.82) is 0 Å². The summed E-state index contributed by atoms with van der Waals surface area (Å²) in [6.07, 6.45) is 0. The van der Waals surface area contributed by atoms with Gasteiger partial charge in [0.2, 0.25) is 5.89 Å². The molecule has 0 spiro atoms. The maximum Gasteiger partial charge on any atom is 0.227 e. The summed E-state index contributed by atoms with van der Waals surface area (Å²) < 4.78 is 12.5. The van der Waals surface area contributed by atoms with Crippen molar-refractivity contribution in [2.45, 2.75) is 0 Å². The lowest BCUT2D eigenvalue weighted by atomic mass is 10.0. The Kier molecular flexibility index (Phi) is 5.78. The van der Waals surface area contributed by atoms with Crippen LogP contribution in [0.25, 0.3) is 66.4 Å². The molecule has 0 bridgehead atoms. The molecule has 0 atom stereocenters. The first-order chi connectivity index (χ1) is 22.3. The van der Waals surface area contributed by atoms with Crippen LogP contribution in [0.3, 0.4) is 0 Å². The molecule has 9 rings (SSSR count). The Morgan fingerprint density at radius 3 is 2.00 bits per heavy atom. The average molecular weight is 579 g/mol. The first-order valence-electron chi connectivity index (χ1n) is 15.0. The largest absolute Gasteiger partial charge is 0.456 e. The van der Waals surface area contributed by atoms with Gasteiger partial charge in [0.15, 0.2) is 5.58 Å². The van der Waals surface area contributed by atoms with Crippen LogP contribution in [0.2, 0.25) is 0 Å². The molecule has 0 saturated carbocycles. The number of furan rings is 1. The summed E-state index contributed by atoms with van der Waals surface area (Å²) in [5, 5.41) is 4.29. The first-order valence-corrected chi connectivity index (χ1v) is 15.0. The summed E-state index contributed by atoms with van der Waals surface area (Å²) >= 11 is 0. The Balaban J connectivity index is 1.32. The number of hydrogen-bond acceptors (Lipinski definition) is 4. The molecule has 45 heavy (non-hydrogen) atoms. The van der Waals surface area contributed by atoms with Crippen molar-refractivity contribution < 1.29 is 8.83 Å². The van der Waals surface area contributed by atoms with Crippen molar-refractivity contribution in [1.82, 2.24) is 4.98 Å². The number of rotatable bonds is 5. The van der Waals surface area contributed by atoms with E-state index in [1.165, 1.54) is 5.56 Å². The maximum absolute atomic E-state index is 6.34. The molecule has 212 valence electrons. The van der Waals surface area contributed by atoms with Gasteiger partial charge in [0.05, 0.1) is 5.69 Å². The smallest absolute Gasteiger partial charge is 0.227 e. The highest BCUT2D eigenvalue weighted by atomic mass is 16.3. The van der Waals surface area contributed by atoms with E-state index in [0.29, 0.717) is 5.89 Å². The third kappa shape index (κ3) is 4.27. The van der Waals surface area contributed by atoms with E-state index in [4.69, 9.17) is 13.8 Å². The van der Waals surface area contributed by atoms with Crippen molar-refractivity contribution in [3.05, 3.63) is 158 Å². The van der Waals surface area contributed by atoms with Gasteiger partial charge in [-0.2, -0.15) is 0 Å². The van der Waals surface area contributed by atoms with Gasteiger partial charge in [-0.3, -0.25) is 0 Å². The summed E-state index contributed by atoms with van der Waals surface area (Å²) in [4.78, 5) is 7.41. The molecule has 0 N–H and O–H groups in total. The Morgan fingerprint density at radius 2 is 1.13 bits per heavy atom. The van der Waals surface area contributed by atoms with Gasteiger partial charge in [-0.1, -0.05) is 97.1 Å². The van der Waals surface area contributed by atoms with Gasteiger partial charge in [0, 0.05) is 33.1 Å². The fourth-order valence-corrected chi connectivity index (χ4v) is 6.37. The second kappa shape index (κ2) is 10.2. The molecule has 0 aliphatic rings. The zero-order valence-electron chi connectivity index (χ0n) is 24.2. The standard InChI is InChI=1S/C41H26N2O2/c1-3-11-27(12-4-1)30-16-9-17-31(25-30)43(32-22-24-37-34(26-32)33-18-7-8-20-36(33)44-37)35-19-10-15-28-21-23-38-40(39(28)35)42-41(45-38)29-13-5-2-6-14-29/h1-26H. The van der Waals surface area contributed by atoms with E-state index in [9.17, 15) is 0 Å². The molecule has 0 fully saturated rings. The van der Waals surface area contributed by atoms with Crippen LogP contribution in [0.15, 0.2) is 167 Å². The Bertz CT molecular complexity index is 2490. The minimum absolute atomic E-state index is 0.608. The number of oxazole rings is 1. The Labute approximate surface area is 259 Å². The molecule has 9 aromatic rings. The molecule has 0 amide bonds. The van der Waals surface area contributed by atoms with Gasteiger partial charge in [0.25, 0.3) is 0 Å². The molecular weight excluding hydrogens is 552 g/mol. The van der Waals surface area contributed by atoms with Gasteiger partial charge in [0.1, 0.15) is 16.7 Å². The normalized spacial score (nSPS) is 11.6. The Morgan fingerprint density at radius 1 is 0.444 bits per heavy atom. The second-order valence-electron chi connectivity index (χ2n) is 11.2. The van der Waals surface area contributed by atoms with E-state index < -0.39 is 0 Å². The van der Waals surface area contributed by atoms with Crippen LogP contribution in [-0.4, -0.2) is 4.98 Å². The zero-order chi connectivity index (χ0) is 29.7. The van der Waals surface area contributed by atoms with Gasteiger partial charge in [-0.25, -0.2) is 4.98 Å². The lowest BCUT2D eigenvalue weighted by molar-refractivity contribution is 0.620. The quantitative estimate of drug-likeness (QED) is 0.204. The fourth-order valence-electron chi connectivity index (χ4n) is 6.37. The third-order valence-corrected chi connectivity index (χ3v) is 8.47. The van der Waals surface area contributed by atoms with E-state index in [1.807, 2.05) is 54.6 Å². The predicted octanol–water partition coefficient (Wildman–Crippen LogP) is 11.7. The van der Waals surface area contributed by atoms with E-state index in [2.05, 4.69) is 108 Å². The number of para-hydroxylation sites is 1. The summed E-state index contributed by atoms with van der Waals surface area (Å²) in [6, 6.07) is 54.5. The molecule has 0 saturated heterocycles. The van der Waals surface area contributed by atoms with Gasteiger partial charge >= 0.3 is 0 Å². The molecule has 2 aromatic heterocycles. The summed E-state index contributed by atoms with van der Waals surface area (Å²) in [7, 11) is 0. The Hall–Kier alpha value is -6.13. The molecule has 7 aromatic carbocycles. The molecular formula is C41H26N2O2. The van der Waals surface area contributed by atoms with E-state index in [-0.39, 0.29) is 0 Å². The first kappa shape index (κ1) is 25.4. The second-order valence-corrected chi connectivity index (χ2v) is 11.2. The van der Waals surface area contributed by atoms with Crippen molar-refractivity contribution in [3.8, 4) is 22.6 Å². The molecule has 0 aliphatic heterocycles. The van der Waals surface area contributed by atoms with E-state index in [0.717, 1.165) is 72.0 Å². The van der Waals surface area contributed by atoms with Gasteiger partial charge in [-0.05, 0) is 77.2 Å². The number of nitrogens with zero attached hydrogens (tertiary/aromatic N) is 2. The molecule has 0 radical (unpaired) electrons. The maximum atomic E-state index is 6.34. The molecule has 0 aliphatic carbocycles. The topological polar surface area (TPSA) is 42.4 Å². The van der Waals surface area contributed by atoms with Crippen LogP contribution in [-0.2, 0) is 0 Å². The van der Waals surface area contributed by atoms with Gasteiger partial charge in [-0.15, -0.1) is 0 Å². The fraction of sp³-hybridized carbons (Fsp3) is 0. The van der Waals surface area contributed by atoms with Crippen LogP contribution >= 0.6 is 0 Å². The number of anilines is 3. The highest BCUT2D eigenvalue weighted by Crippen LogP contribution is 2.44. The average Bonchev–Trinajstić information content (AvgIpc) is 3.71. The van der Waals surface area contributed by atoms with Crippen LogP contribution in [0.5, 0.6) is 0 Å². The number of benzene rings is 7. The van der Waals surface area contributed by atoms with Crippen LogP contribution < -0.4 is 4.90 Å². The summed E-state index contributed by atoms with van der Waals surface area (Å²) in [5.41, 5.74) is 9.67. The minimum atomic E-state index is 0.608. The van der Waals surface area contributed by atoms with Crippen LogP contribution in [0.4, 0.5) is 17.1 Å². The van der Waals surface area contributed by atoms with Crippen molar-refractivity contribution in [2.75, 3.05) is 4.90 Å². The number of hydrogen-bond donors (Lipinski definition) is 0. The number of fused-ring (bicyclic) bond motifs is 6. The van der Waals surface area contributed by atoms with E-state index in [1.54, 1.807) is 0 Å². The molecule has 2 heterocycles. The van der Waals surface area contributed by atoms with Crippen molar-refractivity contribution in [2.24, 2.45) is 0 Å². The van der Waals surface area contributed by atoms with Crippen molar-refractivity contribution in [3.63, 3.8) is 0 Å². The van der Waals surface area contributed by atoms with Crippen LogP contribution in [0, 0.1) is 0 Å². The summed E-state index contributed by atoms with van der Waals surface area (Å²) in [5.74, 6) is 0.608. The summed E-state index contributed by atoms with van der Waals surface area (Å²) in [6.45, 7) is 0.